The lowest BCUT2D eigenvalue weighted by Gasteiger charge is -2.23. The molecule has 0 radical (unpaired) electrons. The van der Waals surface area contributed by atoms with Crippen molar-refractivity contribution in [1.82, 2.24) is 4.72 Å². The maximum atomic E-state index is 12.0. The Kier molecular flexibility index (Phi) is 6.39. The topological polar surface area (TPSA) is 81.7 Å². The molecular weight excluding hydrogens is 394 g/mol. The van der Waals surface area contributed by atoms with Crippen LogP contribution in [0.15, 0.2) is 20.1 Å². The molecular formula is C13H18BrNO5S2. The summed E-state index contributed by atoms with van der Waals surface area (Å²) in [5, 5.41) is 0. The van der Waals surface area contributed by atoms with E-state index in [9.17, 15) is 13.2 Å². The van der Waals surface area contributed by atoms with E-state index in [2.05, 4.69) is 15.9 Å². The van der Waals surface area contributed by atoms with E-state index < -0.39 is 22.0 Å². The van der Waals surface area contributed by atoms with Crippen molar-refractivity contribution in [2.75, 3.05) is 13.2 Å². The zero-order chi connectivity index (χ0) is 16.2. The lowest BCUT2D eigenvalue weighted by atomic mass is 10.1. The summed E-state index contributed by atoms with van der Waals surface area (Å²) in [5.41, 5.74) is 0. The minimum atomic E-state index is -3.85. The summed E-state index contributed by atoms with van der Waals surface area (Å²) in [6.07, 6.45) is 2.14. The third-order valence-electron chi connectivity index (χ3n) is 3.22. The third kappa shape index (κ3) is 5.02. The van der Waals surface area contributed by atoms with Gasteiger partial charge in [-0.3, -0.25) is 4.79 Å². The van der Waals surface area contributed by atoms with Crippen molar-refractivity contribution in [1.29, 1.82) is 0 Å². The number of sulfonamides is 1. The van der Waals surface area contributed by atoms with Crippen molar-refractivity contribution in [2.24, 2.45) is 0 Å². The van der Waals surface area contributed by atoms with Crippen molar-refractivity contribution in [3.05, 3.63) is 15.9 Å². The number of nitrogens with one attached hydrogen (secondary N) is 1. The zero-order valence-electron chi connectivity index (χ0n) is 12.1. The van der Waals surface area contributed by atoms with Gasteiger partial charge in [-0.25, -0.2) is 13.1 Å². The lowest BCUT2D eigenvalue weighted by molar-refractivity contribution is -0.133. The molecule has 2 heterocycles. The average molecular weight is 412 g/mol. The molecule has 1 saturated heterocycles. The summed E-state index contributed by atoms with van der Waals surface area (Å²) in [7, 11) is -3.85. The molecule has 0 bridgehead atoms. The summed E-state index contributed by atoms with van der Waals surface area (Å²) >= 11 is 4.23. The molecule has 124 valence electrons. The monoisotopic (exact) mass is 411 g/mol. The van der Waals surface area contributed by atoms with Crippen LogP contribution in [-0.2, 0) is 24.3 Å². The first-order chi connectivity index (χ1) is 10.4. The van der Waals surface area contributed by atoms with E-state index in [1.807, 2.05) is 4.72 Å². The van der Waals surface area contributed by atoms with Gasteiger partial charge < -0.3 is 9.47 Å². The van der Waals surface area contributed by atoms with E-state index in [0.29, 0.717) is 17.0 Å². The van der Waals surface area contributed by atoms with Crippen molar-refractivity contribution < 1.29 is 22.7 Å². The summed E-state index contributed by atoms with van der Waals surface area (Å²) in [6.45, 7) is 2.52. The van der Waals surface area contributed by atoms with Gasteiger partial charge in [-0.1, -0.05) is 0 Å². The number of ether oxygens (including phenoxy) is 2. The molecule has 0 aromatic carbocycles. The van der Waals surface area contributed by atoms with Gasteiger partial charge in [0.2, 0.25) is 0 Å². The Morgan fingerprint density at radius 1 is 1.55 bits per heavy atom. The van der Waals surface area contributed by atoms with Crippen molar-refractivity contribution >= 4 is 43.2 Å². The van der Waals surface area contributed by atoms with Crippen molar-refractivity contribution in [2.45, 2.75) is 42.6 Å². The van der Waals surface area contributed by atoms with E-state index >= 15 is 0 Å². The minimum Gasteiger partial charge on any atom is -0.376 e. The molecule has 0 saturated carbocycles. The van der Waals surface area contributed by atoms with Crippen LogP contribution in [0.1, 0.15) is 26.2 Å². The first-order valence-corrected chi connectivity index (χ1v) is 10.0. The fourth-order valence-electron chi connectivity index (χ4n) is 1.97. The SMILES string of the molecule is C[C@@H](OC[C@H]1CCCCO1)C(=O)NS(=O)(=O)c1ccc(Br)s1. The number of hydrogen-bond acceptors (Lipinski definition) is 6. The Morgan fingerprint density at radius 2 is 2.32 bits per heavy atom. The van der Waals surface area contributed by atoms with Crippen LogP contribution >= 0.6 is 27.3 Å². The predicted octanol–water partition coefficient (Wildman–Crippen LogP) is 2.29. The molecule has 1 aromatic heterocycles. The highest BCUT2D eigenvalue weighted by molar-refractivity contribution is 9.11. The molecule has 22 heavy (non-hydrogen) atoms. The van der Waals surface area contributed by atoms with Crippen LogP contribution < -0.4 is 4.72 Å². The molecule has 2 atom stereocenters. The Balaban J connectivity index is 1.85. The summed E-state index contributed by atoms with van der Waals surface area (Å²) in [5.74, 6) is -0.680. The maximum absolute atomic E-state index is 12.0. The fraction of sp³-hybridized carbons (Fsp3) is 0.615. The largest absolute Gasteiger partial charge is 0.376 e. The van der Waals surface area contributed by atoms with E-state index in [4.69, 9.17) is 9.47 Å². The molecule has 1 aliphatic heterocycles. The minimum absolute atomic E-state index is 0.0196. The normalized spacial score (nSPS) is 20.5. The van der Waals surface area contributed by atoms with Gasteiger partial charge in [0, 0.05) is 6.61 Å². The van der Waals surface area contributed by atoms with E-state index in [1.54, 1.807) is 6.07 Å². The number of carbonyl (C=O) groups is 1. The number of carbonyl (C=O) groups excluding carboxylic acids is 1. The number of halogens is 1. The molecule has 1 aromatic rings. The van der Waals surface area contributed by atoms with Gasteiger partial charge in [-0.15, -0.1) is 11.3 Å². The predicted molar refractivity (Wildman–Crippen MR) is 86.4 cm³/mol. The van der Waals surface area contributed by atoms with E-state index in [1.165, 1.54) is 13.0 Å². The average Bonchev–Trinajstić information content (AvgIpc) is 2.93. The maximum Gasteiger partial charge on any atom is 0.273 e. The first kappa shape index (κ1) is 17.9. The molecule has 6 nitrogen and oxygen atoms in total. The number of amides is 1. The molecule has 1 N–H and O–H groups in total. The first-order valence-electron chi connectivity index (χ1n) is 6.93. The molecule has 1 amide bonds. The fourth-order valence-corrected chi connectivity index (χ4v) is 5.03. The van der Waals surface area contributed by atoms with Crippen LogP contribution in [0.2, 0.25) is 0 Å². The van der Waals surface area contributed by atoms with Crippen LogP contribution in [0.4, 0.5) is 0 Å². The molecule has 1 aliphatic rings. The highest BCUT2D eigenvalue weighted by Crippen LogP contribution is 2.25. The zero-order valence-corrected chi connectivity index (χ0v) is 15.3. The highest BCUT2D eigenvalue weighted by Gasteiger charge is 2.24. The number of thiophene rings is 1. The number of hydrogen-bond donors (Lipinski definition) is 1. The highest BCUT2D eigenvalue weighted by atomic mass is 79.9. The van der Waals surface area contributed by atoms with Gasteiger partial charge in [0.1, 0.15) is 10.3 Å². The standard InChI is InChI=1S/C13H18BrNO5S2/c1-9(20-8-10-4-2-3-7-19-10)13(16)15-22(17,18)12-6-5-11(14)21-12/h5-6,9-10H,2-4,7-8H2,1H3,(H,15,16)/t9-,10-/m1/s1. The second kappa shape index (κ2) is 7.87. The van der Waals surface area contributed by atoms with Crippen LogP contribution in [0.5, 0.6) is 0 Å². The van der Waals surface area contributed by atoms with Gasteiger partial charge >= 0.3 is 0 Å². The molecule has 1 fully saturated rings. The molecule has 2 rings (SSSR count). The van der Waals surface area contributed by atoms with E-state index in [0.717, 1.165) is 30.6 Å². The van der Waals surface area contributed by atoms with Crippen LogP contribution in [0.3, 0.4) is 0 Å². The summed E-state index contributed by atoms with van der Waals surface area (Å²) in [4.78, 5) is 11.9. The number of rotatable bonds is 6. The quantitative estimate of drug-likeness (QED) is 0.776. The van der Waals surface area contributed by atoms with Crippen LogP contribution in [0.25, 0.3) is 0 Å². The smallest absolute Gasteiger partial charge is 0.273 e. The molecule has 9 heteroatoms. The summed E-state index contributed by atoms with van der Waals surface area (Å²) < 4.78 is 37.8. The molecule has 0 spiro atoms. The Labute approximate surface area is 142 Å². The van der Waals surface area contributed by atoms with Gasteiger partial charge in [0.05, 0.1) is 16.5 Å². The third-order valence-corrected chi connectivity index (χ3v) is 6.69. The van der Waals surface area contributed by atoms with E-state index in [-0.39, 0.29) is 10.3 Å². The van der Waals surface area contributed by atoms with Gasteiger partial charge in [-0.2, -0.15) is 0 Å². The Morgan fingerprint density at radius 3 is 2.91 bits per heavy atom. The van der Waals surface area contributed by atoms with Gasteiger partial charge in [0.15, 0.2) is 0 Å². The van der Waals surface area contributed by atoms with Crippen molar-refractivity contribution in [3.8, 4) is 0 Å². The Bertz CT molecular complexity index is 610. The second-order valence-corrected chi connectivity index (χ2v) is 9.36. The lowest BCUT2D eigenvalue weighted by Crippen LogP contribution is -2.39. The van der Waals surface area contributed by atoms with Gasteiger partial charge in [-0.05, 0) is 54.2 Å². The summed E-state index contributed by atoms with van der Waals surface area (Å²) in [6, 6.07) is 3.05. The van der Waals surface area contributed by atoms with Crippen LogP contribution in [0, 0.1) is 0 Å². The molecule has 0 aliphatic carbocycles. The van der Waals surface area contributed by atoms with Crippen molar-refractivity contribution in [3.63, 3.8) is 0 Å². The molecule has 0 unspecified atom stereocenters. The van der Waals surface area contributed by atoms with Gasteiger partial charge in [0.25, 0.3) is 15.9 Å². The second-order valence-electron chi connectivity index (χ2n) is 4.99. The Hall–Kier alpha value is -0.480. The van der Waals surface area contributed by atoms with Crippen LogP contribution in [-0.4, -0.2) is 39.7 Å².